The van der Waals surface area contributed by atoms with Crippen molar-refractivity contribution in [3.05, 3.63) is 16.3 Å². The van der Waals surface area contributed by atoms with Gasteiger partial charge < -0.3 is 14.8 Å². The highest BCUT2D eigenvalue weighted by Gasteiger charge is 2.32. The molecule has 25 heavy (non-hydrogen) atoms. The lowest BCUT2D eigenvalue weighted by Crippen LogP contribution is -2.42. The number of carbonyl (C=O) groups is 2. The van der Waals surface area contributed by atoms with Gasteiger partial charge in [-0.1, -0.05) is 0 Å². The zero-order valence-electron chi connectivity index (χ0n) is 15.8. The first kappa shape index (κ1) is 19.6. The molecular formula is C18H28N2O4S. The average Bonchev–Trinajstić information content (AvgIpc) is 2.90. The molecule has 6 nitrogen and oxygen atoms in total. The van der Waals surface area contributed by atoms with Gasteiger partial charge in [0.05, 0.1) is 5.69 Å². The smallest absolute Gasteiger partial charge is 0.414 e. The van der Waals surface area contributed by atoms with E-state index < -0.39 is 17.3 Å². The first-order valence-electron chi connectivity index (χ1n) is 8.51. The van der Waals surface area contributed by atoms with Gasteiger partial charge in [0.1, 0.15) is 11.2 Å². The molecule has 0 saturated carbocycles. The number of nitrogens with one attached hydrogen (secondary N) is 1. The predicted octanol–water partition coefficient (Wildman–Crippen LogP) is 4.50. The lowest BCUT2D eigenvalue weighted by atomic mass is 9.98. The third-order valence-corrected chi connectivity index (χ3v) is 4.61. The van der Waals surface area contributed by atoms with E-state index in [9.17, 15) is 9.59 Å². The van der Waals surface area contributed by atoms with E-state index in [0.717, 1.165) is 17.0 Å². The number of rotatable bonds is 2. The zero-order valence-corrected chi connectivity index (χ0v) is 16.7. The van der Waals surface area contributed by atoms with Crippen LogP contribution in [0.25, 0.3) is 0 Å². The van der Waals surface area contributed by atoms with E-state index in [0.29, 0.717) is 13.1 Å². The largest absolute Gasteiger partial charge is 0.444 e. The molecule has 0 aromatic carbocycles. The Morgan fingerprint density at radius 2 is 1.84 bits per heavy atom. The van der Waals surface area contributed by atoms with Crippen molar-refractivity contribution in [3.63, 3.8) is 0 Å². The van der Waals surface area contributed by atoms with E-state index in [1.54, 1.807) is 16.2 Å². The number of fused-ring (bicyclic) bond motifs is 1. The SMILES string of the molecule is CC(C)(C)OC(=O)NCC1CCN(C(=O)OC(C)(C)C)c2ccsc21. The van der Waals surface area contributed by atoms with Crippen molar-refractivity contribution in [1.82, 2.24) is 5.32 Å². The second-order valence-electron chi connectivity index (χ2n) is 8.17. The monoisotopic (exact) mass is 368 g/mol. The number of hydrogen-bond donors (Lipinski definition) is 1. The minimum atomic E-state index is -0.525. The quantitative estimate of drug-likeness (QED) is 0.834. The number of amides is 2. The van der Waals surface area contributed by atoms with Crippen molar-refractivity contribution >= 4 is 29.2 Å². The van der Waals surface area contributed by atoms with Crippen molar-refractivity contribution in [3.8, 4) is 0 Å². The van der Waals surface area contributed by atoms with Crippen LogP contribution in [-0.2, 0) is 9.47 Å². The number of ether oxygens (including phenoxy) is 2. The Morgan fingerprint density at radius 1 is 1.20 bits per heavy atom. The number of nitrogens with zero attached hydrogens (tertiary/aromatic N) is 1. The highest BCUT2D eigenvalue weighted by atomic mass is 32.1. The van der Waals surface area contributed by atoms with Crippen LogP contribution in [0.1, 0.15) is 58.8 Å². The van der Waals surface area contributed by atoms with E-state index in [1.807, 2.05) is 53.0 Å². The Kier molecular flexibility index (Phi) is 5.66. The van der Waals surface area contributed by atoms with E-state index in [1.165, 1.54) is 0 Å². The minimum Gasteiger partial charge on any atom is -0.444 e. The summed E-state index contributed by atoms with van der Waals surface area (Å²) in [7, 11) is 0. The summed E-state index contributed by atoms with van der Waals surface area (Å²) >= 11 is 1.60. The van der Waals surface area contributed by atoms with Gasteiger partial charge in [0, 0.05) is 23.9 Å². The molecule has 0 spiro atoms. The summed E-state index contributed by atoms with van der Waals surface area (Å²) < 4.78 is 10.8. The summed E-state index contributed by atoms with van der Waals surface area (Å²) in [6.45, 7) is 12.1. The summed E-state index contributed by atoms with van der Waals surface area (Å²) in [5, 5.41) is 4.80. The summed E-state index contributed by atoms with van der Waals surface area (Å²) in [6, 6.07) is 1.93. The molecule has 1 aliphatic rings. The molecule has 2 heterocycles. The summed E-state index contributed by atoms with van der Waals surface area (Å²) in [6.07, 6.45) is 0.0219. The van der Waals surface area contributed by atoms with Crippen LogP contribution in [0.5, 0.6) is 0 Å². The van der Waals surface area contributed by atoms with Gasteiger partial charge in [-0.2, -0.15) is 0 Å². The van der Waals surface area contributed by atoms with Gasteiger partial charge in [-0.05, 0) is 59.4 Å². The lowest BCUT2D eigenvalue weighted by molar-refractivity contribution is 0.0516. The highest BCUT2D eigenvalue weighted by Crippen LogP contribution is 2.39. The van der Waals surface area contributed by atoms with Crippen LogP contribution in [0.2, 0.25) is 0 Å². The molecular weight excluding hydrogens is 340 g/mol. The Hall–Kier alpha value is -1.76. The minimum absolute atomic E-state index is 0.168. The van der Waals surface area contributed by atoms with Crippen molar-refractivity contribution in [2.75, 3.05) is 18.0 Å². The third-order valence-electron chi connectivity index (χ3n) is 3.54. The molecule has 2 rings (SSSR count). The van der Waals surface area contributed by atoms with E-state index in [4.69, 9.17) is 9.47 Å². The molecule has 0 aliphatic carbocycles. The van der Waals surface area contributed by atoms with Crippen LogP contribution in [0.4, 0.5) is 15.3 Å². The van der Waals surface area contributed by atoms with Gasteiger partial charge in [0.2, 0.25) is 0 Å². The Morgan fingerprint density at radius 3 is 2.44 bits per heavy atom. The maximum absolute atomic E-state index is 12.4. The lowest BCUT2D eigenvalue weighted by Gasteiger charge is -2.33. The maximum atomic E-state index is 12.4. The maximum Gasteiger partial charge on any atom is 0.414 e. The molecule has 2 amide bonds. The number of anilines is 1. The van der Waals surface area contributed by atoms with E-state index in [-0.39, 0.29) is 12.0 Å². The first-order chi connectivity index (χ1) is 11.5. The Bertz CT molecular complexity index is 628. The van der Waals surface area contributed by atoms with Crippen LogP contribution >= 0.6 is 11.3 Å². The molecule has 1 aliphatic heterocycles. The summed E-state index contributed by atoms with van der Waals surface area (Å²) in [4.78, 5) is 27.1. The van der Waals surface area contributed by atoms with Gasteiger partial charge in [-0.25, -0.2) is 9.59 Å². The zero-order chi connectivity index (χ0) is 18.8. The molecule has 1 N–H and O–H groups in total. The third kappa shape index (κ3) is 5.63. The topological polar surface area (TPSA) is 67.9 Å². The first-order valence-corrected chi connectivity index (χ1v) is 9.39. The van der Waals surface area contributed by atoms with Crippen LogP contribution < -0.4 is 10.2 Å². The fourth-order valence-electron chi connectivity index (χ4n) is 2.60. The molecule has 140 valence electrons. The summed E-state index contributed by atoms with van der Waals surface area (Å²) in [5.74, 6) is 0.168. The molecule has 1 unspecified atom stereocenters. The van der Waals surface area contributed by atoms with Crippen LogP contribution in [-0.4, -0.2) is 36.5 Å². The average molecular weight is 368 g/mol. The molecule has 0 radical (unpaired) electrons. The van der Waals surface area contributed by atoms with Gasteiger partial charge in [0.25, 0.3) is 0 Å². The van der Waals surface area contributed by atoms with Gasteiger partial charge in [0.15, 0.2) is 0 Å². The number of alkyl carbamates (subject to hydrolysis) is 1. The van der Waals surface area contributed by atoms with E-state index in [2.05, 4.69) is 5.32 Å². The molecule has 1 aromatic rings. The normalized spacial score (nSPS) is 17.7. The van der Waals surface area contributed by atoms with Crippen molar-refractivity contribution < 1.29 is 19.1 Å². The van der Waals surface area contributed by atoms with Crippen molar-refractivity contribution in [1.29, 1.82) is 0 Å². The van der Waals surface area contributed by atoms with E-state index >= 15 is 0 Å². The molecule has 0 bridgehead atoms. The fraction of sp³-hybridized carbons (Fsp3) is 0.667. The van der Waals surface area contributed by atoms with Gasteiger partial charge >= 0.3 is 12.2 Å². The van der Waals surface area contributed by atoms with Crippen molar-refractivity contribution in [2.24, 2.45) is 0 Å². The Labute approximate surface area is 153 Å². The number of thiophene rings is 1. The second kappa shape index (κ2) is 7.23. The van der Waals surface area contributed by atoms with Crippen LogP contribution in [0, 0.1) is 0 Å². The fourth-order valence-corrected chi connectivity index (χ4v) is 3.64. The van der Waals surface area contributed by atoms with Crippen LogP contribution in [0.3, 0.4) is 0 Å². The van der Waals surface area contributed by atoms with Crippen molar-refractivity contribution in [2.45, 2.75) is 65.1 Å². The van der Waals surface area contributed by atoms with Gasteiger partial charge in [-0.15, -0.1) is 11.3 Å². The highest BCUT2D eigenvalue weighted by molar-refractivity contribution is 7.10. The van der Waals surface area contributed by atoms with Gasteiger partial charge in [-0.3, -0.25) is 4.90 Å². The summed E-state index contributed by atoms with van der Waals surface area (Å²) in [5.41, 5.74) is -0.165. The molecule has 0 fully saturated rings. The number of carbonyl (C=O) groups excluding carboxylic acids is 2. The molecule has 1 aromatic heterocycles. The predicted molar refractivity (Wildman–Crippen MR) is 99.5 cm³/mol. The standard InChI is InChI=1S/C18H28N2O4S/c1-17(2,3)23-15(21)19-11-12-7-9-20(13-8-10-25-14(12)13)16(22)24-18(4,5)6/h8,10,12H,7,9,11H2,1-6H3,(H,19,21). The number of hydrogen-bond acceptors (Lipinski definition) is 5. The molecule has 0 saturated heterocycles. The molecule has 1 atom stereocenters. The molecule has 7 heteroatoms. The Balaban J connectivity index is 2.02. The van der Waals surface area contributed by atoms with Crippen LogP contribution in [0.15, 0.2) is 11.4 Å². The second-order valence-corrected chi connectivity index (χ2v) is 9.12.